The Labute approximate surface area is 142 Å². The molecule has 2 rings (SSSR count). The maximum Gasteiger partial charge on any atom is 0.223 e. The van der Waals surface area contributed by atoms with Crippen molar-refractivity contribution in [3.8, 4) is 0 Å². The van der Waals surface area contributed by atoms with E-state index in [4.69, 9.17) is 0 Å². The Hall–Kier alpha value is -1.31. The molecule has 0 heterocycles. The fourth-order valence-electron chi connectivity index (χ4n) is 3.92. The van der Waals surface area contributed by atoms with Crippen molar-refractivity contribution < 1.29 is 4.79 Å². The van der Waals surface area contributed by atoms with Gasteiger partial charge in [0, 0.05) is 12.5 Å². The van der Waals surface area contributed by atoms with Crippen molar-refractivity contribution in [1.29, 1.82) is 0 Å². The molecular formula is C21H33NO. The molecule has 2 heteroatoms. The van der Waals surface area contributed by atoms with Crippen molar-refractivity contribution in [2.45, 2.75) is 60.3 Å². The molecule has 1 saturated carbocycles. The highest BCUT2D eigenvalue weighted by molar-refractivity contribution is 5.79. The van der Waals surface area contributed by atoms with Gasteiger partial charge in [-0.25, -0.2) is 0 Å². The van der Waals surface area contributed by atoms with Crippen LogP contribution < -0.4 is 5.32 Å². The van der Waals surface area contributed by atoms with E-state index in [0.717, 1.165) is 19.4 Å². The summed E-state index contributed by atoms with van der Waals surface area (Å²) in [6.45, 7) is 11.8. The van der Waals surface area contributed by atoms with E-state index in [1.54, 1.807) is 0 Å². The van der Waals surface area contributed by atoms with Gasteiger partial charge < -0.3 is 5.32 Å². The van der Waals surface area contributed by atoms with Crippen LogP contribution in [0.1, 0.15) is 56.7 Å². The van der Waals surface area contributed by atoms with Gasteiger partial charge in [0.05, 0.1) is 0 Å². The van der Waals surface area contributed by atoms with Gasteiger partial charge in [0.2, 0.25) is 5.91 Å². The van der Waals surface area contributed by atoms with Crippen LogP contribution in [-0.4, -0.2) is 12.5 Å². The molecule has 1 aromatic carbocycles. The van der Waals surface area contributed by atoms with E-state index in [9.17, 15) is 4.79 Å². The van der Waals surface area contributed by atoms with Crippen LogP contribution in [0.5, 0.6) is 0 Å². The third-order valence-corrected chi connectivity index (χ3v) is 5.64. The monoisotopic (exact) mass is 315 g/mol. The Morgan fingerprint density at radius 1 is 1.22 bits per heavy atom. The van der Waals surface area contributed by atoms with Crippen molar-refractivity contribution >= 4 is 5.91 Å². The summed E-state index contributed by atoms with van der Waals surface area (Å²) in [6.07, 6.45) is 4.45. The molecule has 0 radical (unpaired) electrons. The maximum atomic E-state index is 12.7. The van der Waals surface area contributed by atoms with E-state index < -0.39 is 0 Å². The van der Waals surface area contributed by atoms with Crippen LogP contribution in [0.15, 0.2) is 18.2 Å². The molecule has 0 aliphatic heterocycles. The normalized spacial score (nSPS) is 24.7. The van der Waals surface area contributed by atoms with Gasteiger partial charge in [0.15, 0.2) is 0 Å². The predicted octanol–water partition coefficient (Wildman–Crippen LogP) is 4.67. The van der Waals surface area contributed by atoms with Gasteiger partial charge in [-0.05, 0) is 67.6 Å². The molecule has 1 aliphatic carbocycles. The Kier molecular flexibility index (Phi) is 6.26. The van der Waals surface area contributed by atoms with Crippen molar-refractivity contribution in [2.75, 3.05) is 6.54 Å². The average molecular weight is 316 g/mol. The molecule has 23 heavy (non-hydrogen) atoms. The fourth-order valence-corrected chi connectivity index (χ4v) is 3.92. The number of carbonyl (C=O) groups excluding carboxylic acids is 1. The molecule has 1 N–H and O–H groups in total. The zero-order valence-electron chi connectivity index (χ0n) is 15.5. The number of hydrogen-bond acceptors (Lipinski definition) is 1. The van der Waals surface area contributed by atoms with E-state index in [1.807, 2.05) is 0 Å². The van der Waals surface area contributed by atoms with Crippen LogP contribution in [0.25, 0.3) is 0 Å². The van der Waals surface area contributed by atoms with Crippen molar-refractivity contribution in [3.05, 3.63) is 34.9 Å². The molecule has 0 bridgehead atoms. The minimum Gasteiger partial charge on any atom is -0.356 e. The summed E-state index contributed by atoms with van der Waals surface area (Å²) < 4.78 is 0. The fraction of sp³-hybridized carbons (Fsp3) is 0.667. The van der Waals surface area contributed by atoms with Gasteiger partial charge in [0.25, 0.3) is 0 Å². The highest BCUT2D eigenvalue weighted by atomic mass is 16.1. The predicted molar refractivity (Wildman–Crippen MR) is 97.5 cm³/mol. The number of nitrogens with one attached hydrogen (secondary N) is 1. The molecule has 128 valence electrons. The molecule has 2 nitrogen and oxygen atoms in total. The minimum absolute atomic E-state index is 0.207. The highest BCUT2D eigenvalue weighted by Crippen LogP contribution is 2.38. The van der Waals surface area contributed by atoms with Crippen molar-refractivity contribution in [3.63, 3.8) is 0 Å². The standard InChI is InChI=1S/C21H33NO/c1-14(2)19-9-6-15(3)12-20(19)21(23)22-11-10-18-8-7-16(4)17(5)13-18/h7-8,13-15,19-20H,6,9-12H2,1-5H3,(H,22,23). The molecule has 0 spiro atoms. The molecule has 1 fully saturated rings. The minimum atomic E-state index is 0.207. The first kappa shape index (κ1) is 18.0. The Morgan fingerprint density at radius 2 is 1.96 bits per heavy atom. The van der Waals surface area contributed by atoms with Crippen LogP contribution in [0.4, 0.5) is 0 Å². The van der Waals surface area contributed by atoms with Crippen LogP contribution in [0.2, 0.25) is 0 Å². The van der Waals surface area contributed by atoms with E-state index >= 15 is 0 Å². The first-order valence-corrected chi connectivity index (χ1v) is 9.22. The molecule has 3 unspecified atom stereocenters. The van der Waals surface area contributed by atoms with Crippen LogP contribution in [0, 0.1) is 37.5 Å². The molecule has 1 aromatic rings. The lowest BCUT2D eigenvalue weighted by atomic mass is 9.70. The highest BCUT2D eigenvalue weighted by Gasteiger charge is 2.35. The maximum absolute atomic E-state index is 12.7. The molecule has 1 amide bonds. The van der Waals surface area contributed by atoms with Crippen molar-refractivity contribution in [2.24, 2.45) is 23.7 Å². The summed E-state index contributed by atoms with van der Waals surface area (Å²) in [7, 11) is 0. The quantitative estimate of drug-likeness (QED) is 0.840. The van der Waals surface area contributed by atoms with E-state index in [0.29, 0.717) is 17.8 Å². The zero-order chi connectivity index (χ0) is 17.0. The van der Waals surface area contributed by atoms with E-state index in [-0.39, 0.29) is 11.8 Å². The second kappa shape index (κ2) is 7.99. The number of rotatable bonds is 5. The second-order valence-corrected chi connectivity index (χ2v) is 7.89. The summed E-state index contributed by atoms with van der Waals surface area (Å²) >= 11 is 0. The van der Waals surface area contributed by atoms with Gasteiger partial charge in [-0.1, -0.05) is 45.4 Å². The number of carbonyl (C=O) groups is 1. The Morgan fingerprint density at radius 3 is 2.61 bits per heavy atom. The average Bonchev–Trinajstić information content (AvgIpc) is 2.50. The summed E-state index contributed by atoms with van der Waals surface area (Å²) in [6, 6.07) is 6.58. The zero-order valence-corrected chi connectivity index (χ0v) is 15.5. The molecule has 0 saturated heterocycles. The van der Waals surface area contributed by atoms with Gasteiger partial charge >= 0.3 is 0 Å². The SMILES string of the molecule is Cc1ccc(CCNC(=O)C2CC(C)CCC2C(C)C)cc1C. The molecule has 1 aliphatic rings. The Bertz CT molecular complexity index is 535. The second-order valence-electron chi connectivity index (χ2n) is 7.89. The largest absolute Gasteiger partial charge is 0.356 e. The van der Waals surface area contributed by atoms with Crippen LogP contribution in [0.3, 0.4) is 0 Å². The number of hydrogen-bond donors (Lipinski definition) is 1. The Balaban J connectivity index is 1.88. The topological polar surface area (TPSA) is 29.1 Å². The molecular weight excluding hydrogens is 282 g/mol. The van der Waals surface area contributed by atoms with Gasteiger partial charge in [-0.15, -0.1) is 0 Å². The number of amides is 1. The lowest BCUT2D eigenvalue weighted by molar-refractivity contribution is -0.129. The van der Waals surface area contributed by atoms with E-state index in [1.165, 1.54) is 29.5 Å². The summed E-state index contributed by atoms with van der Waals surface area (Å²) in [4.78, 5) is 12.7. The third kappa shape index (κ3) is 4.83. The molecule has 3 atom stereocenters. The summed E-state index contributed by atoms with van der Waals surface area (Å²) in [5, 5.41) is 3.20. The lowest BCUT2D eigenvalue weighted by Crippen LogP contribution is -2.40. The van der Waals surface area contributed by atoms with Crippen molar-refractivity contribution in [1.82, 2.24) is 5.32 Å². The summed E-state index contributed by atoms with van der Waals surface area (Å²) in [5.41, 5.74) is 3.97. The first-order valence-electron chi connectivity index (χ1n) is 9.22. The number of aryl methyl sites for hydroxylation is 2. The van der Waals surface area contributed by atoms with Gasteiger partial charge in [-0.3, -0.25) is 4.79 Å². The van der Waals surface area contributed by atoms with Gasteiger partial charge in [-0.2, -0.15) is 0 Å². The van der Waals surface area contributed by atoms with Crippen LogP contribution >= 0.6 is 0 Å². The lowest BCUT2D eigenvalue weighted by Gasteiger charge is -2.36. The number of benzene rings is 1. The van der Waals surface area contributed by atoms with Crippen LogP contribution in [-0.2, 0) is 11.2 Å². The summed E-state index contributed by atoms with van der Waals surface area (Å²) in [5.74, 6) is 2.31. The third-order valence-electron chi connectivity index (χ3n) is 5.64. The van der Waals surface area contributed by atoms with E-state index in [2.05, 4.69) is 58.1 Å². The molecule has 0 aromatic heterocycles. The van der Waals surface area contributed by atoms with Gasteiger partial charge in [0.1, 0.15) is 0 Å². The first-order chi connectivity index (χ1) is 10.9. The smallest absolute Gasteiger partial charge is 0.223 e.